The van der Waals surface area contributed by atoms with Gasteiger partial charge in [0.05, 0.1) is 23.8 Å². The van der Waals surface area contributed by atoms with Crippen molar-refractivity contribution >= 4 is 61.8 Å². The maximum Gasteiger partial charge on any atom is 0.243 e. The van der Waals surface area contributed by atoms with Crippen LogP contribution in [0.15, 0.2) is 76.7 Å². The number of ether oxygens (including phenoxy) is 1. The average molecular weight is 588 g/mol. The molecular weight excluding hydrogens is 565 g/mol. The molecule has 1 aliphatic carbocycles. The highest BCUT2D eigenvalue weighted by atomic mass is 35.5. The fourth-order valence-corrected chi connectivity index (χ4v) is 6.01. The van der Waals surface area contributed by atoms with E-state index in [9.17, 15) is 17.6 Å². The van der Waals surface area contributed by atoms with Crippen LogP contribution < -0.4 is 16.1 Å². The largest absolute Gasteiger partial charge is 0.379 e. The highest BCUT2D eigenvalue weighted by Crippen LogP contribution is 2.34. The number of nitrogens with zero attached hydrogens (tertiary/aromatic N) is 2. The summed E-state index contributed by atoms with van der Waals surface area (Å²) in [5.41, 5.74) is 4.22. The van der Waals surface area contributed by atoms with Gasteiger partial charge in [0.2, 0.25) is 15.8 Å². The molecule has 0 amide bonds. The van der Waals surface area contributed by atoms with Gasteiger partial charge >= 0.3 is 0 Å². The molecule has 5 rings (SSSR count). The number of anilines is 2. The lowest BCUT2D eigenvalue weighted by Crippen LogP contribution is -2.40. The van der Waals surface area contributed by atoms with E-state index in [1.165, 1.54) is 28.6 Å². The van der Waals surface area contributed by atoms with Crippen LogP contribution in [-0.2, 0) is 19.6 Å². The minimum absolute atomic E-state index is 0.0202. The molecule has 3 aromatic rings. The number of sulfonamides is 1. The van der Waals surface area contributed by atoms with Gasteiger partial charge in [-0.1, -0.05) is 29.8 Å². The molecule has 1 aliphatic heterocycles. The Labute approximate surface area is 235 Å². The number of carbonyl (C=O) groups is 1. The van der Waals surface area contributed by atoms with Crippen LogP contribution in [0.3, 0.4) is 0 Å². The van der Waals surface area contributed by atoms with Crippen molar-refractivity contribution in [2.24, 2.45) is 5.10 Å². The first-order valence-corrected chi connectivity index (χ1v) is 14.1. The number of hydrogen-bond donors (Lipinski definition) is 3. The number of carbonyl (C=O) groups excluding carboxylic acids is 1. The number of Topliss-reactive ketones (excluding diaryl/α,β-unsaturated/α-hetero) is 1. The van der Waals surface area contributed by atoms with Crippen LogP contribution in [0.4, 0.5) is 15.8 Å². The third kappa shape index (κ3) is 5.80. The molecule has 202 valence electrons. The average Bonchev–Trinajstić information content (AvgIpc) is 3.20. The predicted octanol–water partition coefficient (Wildman–Crippen LogP) is 3.93. The summed E-state index contributed by atoms with van der Waals surface area (Å²) < 4.78 is 47.3. The van der Waals surface area contributed by atoms with Crippen molar-refractivity contribution in [1.29, 1.82) is 0 Å². The van der Waals surface area contributed by atoms with E-state index >= 15 is 0 Å². The summed E-state index contributed by atoms with van der Waals surface area (Å²) in [4.78, 5) is 13.6. The Hall–Kier alpha value is -3.42. The summed E-state index contributed by atoms with van der Waals surface area (Å²) in [7, 11) is -3.83. The van der Waals surface area contributed by atoms with Crippen molar-refractivity contribution in [2.45, 2.75) is 10.9 Å². The standard InChI is InChI=1S/C26H23ClFN5O4S2/c27-16-5-7-17(8-6-16)29-23-19-10-9-18(39(35,36)33-11-13-37-14-12-33)15-20(19)24(25(23)34)31-32-26(38)30-22-4-2-1-3-21(22)28/h1-10,15,23,29H,11-14H2,(H2,30,32,38)/b31-24-. The lowest BCUT2D eigenvalue weighted by Gasteiger charge is -2.26. The van der Waals surface area contributed by atoms with Crippen LogP contribution in [0, 0.1) is 5.82 Å². The number of fused-ring (bicyclic) bond motifs is 1. The van der Waals surface area contributed by atoms with E-state index in [2.05, 4.69) is 21.2 Å². The second kappa shape index (κ2) is 11.4. The molecule has 3 aromatic carbocycles. The number of thiocarbonyl (C=S) groups is 1. The zero-order chi connectivity index (χ0) is 27.6. The zero-order valence-electron chi connectivity index (χ0n) is 20.4. The van der Waals surface area contributed by atoms with E-state index in [4.69, 9.17) is 28.6 Å². The van der Waals surface area contributed by atoms with Crippen molar-refractivity contribution < 1.29 is 22.3 Å². The van der Waals surface area contributed by atoms with Crippen molar-refractivity contribution in [3.63, 3.8) is 0 Å². The minimum atomic E-state index is -3.83. The van der Waals surface area contributed by atoms with Crippen molar-refractivity contribution in [3.05, 3.63) is 88.7 Å². The Bertz CT molecular complexity index is 1560. The van der Waals surface area contributed by atoms with Crippen molar-refractivity contribution in [3.8, 4) is 0 Å². The molecule has 0 radical (unpaired) electrons. The van der Waals surface area contributed by atoms with Gasteiger partial charge in [-0.3, -0.25) is 10.2 Å². The molecule has 1 heterocycles. The van der Waals surface area contributed by atoms with Crippen LogP contribution in [-0.4, -0.2) is 55.6 Å². The predicted molar refractivity (Wildman–Crippen MR) is 151 cm³/mol. The van der Waals surface area contributed by atoms with Gasteiger partial charge in [0.15, 0.2) is 5.11 Å². The molecule has 9 nitrogen and oxygen atoms in total. The minimum Gasteiger partial charge on any atom is -0.379 e. The number of ketones is 1. The quantitative estimate of drug-likeness (QED) is 0.294. The van der Waals surface area contributed by atoms with Gasteiger partial charge in [-0.2, -0.15) is 9.41 Å². The summed E-state index contributed by atoms with van der Waals surface area (Å²) in [5.74, 6) is -0.913. The zero-order valence-corrected chi connectivity index (χ0v) is 22.7. The van der Waals surface area contributed by atoms with E-state index in [1.54, 1.807) is 42.5 Å². The number of para-hydroxylation sites is 1. The molecule has 0 saturated carbocycles. The second-order valence-corrected chi connectivity index (χ2v) is 11.5. The molecule has 1 saturated heterocycles. The molecule has 39 heavy (non-hydrogen) atoms. The Kier molecular flexibility index (Phi) is 7.91. The summed E-state index contributed by atoms with van der Waals surface area (Å²) >= 11 is 11.2. The van der Waals surface area contributed by atoms with Gasteiger partial charge in [-0.25, -0.2) is 12.8 Å². The van der Waals surface area contributed by atoms with Gasteiger partial charge in [-0.15, -0.1) is 0 Å². The van der Waals surface area contributed by atoms with Crippen LogP contribution in [0.2, 0.25) is 5.02 Å². The first kappa shape index (κ1) is 27.2. The van der Waals surface area contributed by atoms with E-state index < -0.39 is 27.7 Å². The van der Waals surface area contributed by atoms with E-state index in [0.29, 0.717) is 35.1 Å². The van der Waals surface area contributed by atoms with Crippen molar-refractivity contribution in [1.82, 2.24) is 9.73 Å². The number of morpholine rings is 1. The molecule has 1 fully saturated rings. The van der Waals surface area contributed by atoms with Gasteiger partial charge in [0.25, 0.3) is 0 Å². The van der Waals surface area contributed by atoms with Gasteiger partial charge < -0.3 is 15.4 Å². The Morgan fingerprint density at radius 2 is 1.79 bits per heavy atom. The first-order valence-electron chi connectivity index (χ1n) is 11.9. The van der Waals surface area contributed by atoms with Gasteiger partial charge in [0.1, 0.15) is 17.6 Å². The third-order valence-electron chi connectivity index (χ3n) is 6.24. The van der Waals surface area contributed by atoms with Crippen LogP contribution in [0.5, 0.6) is 0 Å². The van der Waals surface area contributed by atoms with E-state index in [0.717, 1.165) is 0 Å². The molecule has 1 unspecified atom stereocenters. The Balaban J connectivity index is 1.48. The van der Waals surface area contributed by atoms with E-state index in [1.807, 2.05) is 0 Å². The summed E-state index contributed by atoms with van der Waals surface area (Å²) in [5, 5.41) is 10.6. The van der Waals surface area contributed by atoms with Gasteiger partial charge in [-0.05, 0) is 66.3 Å². The number of nitrogens with one attached hydrogen (secondary N) is 3. The Morgan fingerprint density at radius 3 is 2.51 bits per heavy atom. The number of benzene rings is 3. The molecule has 2 aliphatic rings. The summed E-state index contributed by atoms with van der Waals surface area (Å²) in [6.45, 7) is 1.08. The molecule has 0 bridgehead atoms. The maximum absolute atomic E-state index is 14.0. The SMILES string of the molecule is O=C1/C(=N\NC(=S)Nc2ccccc2F)c2cc(S(=O)(=O)N3CCOCC3)ccc2C1Nc1ccc(Cl)cc1. The summed E-state index contributed by atoms with van der Waals surface area (Å²) in [6.07, 6.45) is 0. The molecule has 13 heteroatoms. The molecular formula is C26H23ClFN5O4S2. The molecule has 0 aromatic heterocycles. The molecule has 1 atom stereocenters. The smallest absolute Gasteiger partial charge is 0.243 e. The first-order chi connectivity index (χ1) is 18.7. The fraction of sp³-hybridized carbons (Fsp3) is 0.192. The van der Waals surface area contributed by atoms with Crippen LogP contribution in [0.25, 0.3) is 0 Å². The highest BCUT2D eigenvalue weighted by molar-refractivity contribution is 7.89. The molecule has 0 spiro atoms. The Morgan fingerprint density at radius 1 is 1.08 bits per heavy atom. The van der Waals surface area contributed by atoms with E-state index in [-0.39, 0.29) is 34.5 Å². The maximum atomic E-state index is 14.0. The number of hydrogen-bond acceptors (Lipinski definition) is 7. The highest BCUT2D eigenvalue weighted by Gasteiger charge is 2.38. The lowest BCUT2D eigenvalue weighted by atomic mass is 10.1. The monoisotopic (exact) mass is 587 g/mol. The van der Waals surface area contributed by atoms with Crippen LogP contribution >= 0.6 is 23.8 Å². The van der Waals surface area contributed by atoms with Crippen LogP contribution in [0.1, 0.15) is 17.2 Å². The van der Waals surface area contributed by atoms with Crippen molar-refractivity contribution in [2.75, 3.05) is 36.9 Å². The number of halogens is 2. The second-order valence-electron chi connectivity index (χ2n) is 8.72. The normalized spacial score (nSPS) is 18.6. The van der Waals surface area contributed by atoms with Gasteiger partial charge in [0, 0.05) is 29.4 Å². The summed E-state index contributed by atoms with van der Waals surface area (Å²) in [6, 6.07) is 16.5. The lowest BCUT2D eigenvalue weighted by molar-refractivity contribution is -0.113. The number of rotatable bonds is 6. The third-order valence-corrected chi connectivity index (χ3v) is 8.58. The number of hydrazone groups is 1. The topological polar surface area (TPSA) is 112 Å². The fourth-order valence-electron chi connectivity index (χ4n) is 4.29. The molecule has 3 N–H and O–H groups in total.